The zero-order valence-corrected chi connectivity index (χ0v) is 16.2. The molecule has 7 nitrogen and oxygen atoms in total. The molecule has 1 saturated carbocycles. The quantitative estimate of drug-likeness (QED) is 0.593. The fraction of sp³-hybridized carbons (Fsp3) is 0.579. The van der Waals surface area contributed by atoms with E-state index >= 15 is 0 Å². The number of nitrogens with one attached hydrogen (secondary N) is 3. The van der Waals surface area contributed by atoms with Crippen molar-refractivity contribution in [1.82, 2.24) is 5.32 Å². The predicted molar refractivity (Wildman–Crippen MR) is 108 cm³/mol. The third kappa shape index (κ3) is 6.68. The Hall–Kier alpha value is -1.83. The van der Waals surface area contributed by atoms with Gasteiger partial charge < -0.3 is 26.4 Å². The summed E-state index contributed by atoms with van der Waals surface area (Å²) in [5.74, 6) is 0.269. The molecule has 1 aliphatic heterocycles. The number of rotatable bonds is 6. The molecule has 3 atom stereocenters. The lowest BCUT2D eigenvalue weighted by atomic mass is 10.00. The molecule has 0 spiro atoms. The van der Waals surface area contributed by atoms with Gasteiger partial charge >= 0.3 is 6.03 Å². The Balaban J connectivity index is 0.00000261. The summed E-state index contributed by atoms with van der Waals surface area (Å²) in [6.07, 6.45) is 5.76. The van der Waals surface area contributed by atoms with Crippen LogP contribution in [0, 0.1) is 5.92 Å². The lowest BCUT2D eigenvalue weighted by molar-refractivity contribution is -0.117. The van der Waals surface area contributed by atoms with Crippen LogP contribution >= 0.6 is 12.4 Å². The van der Waals surface area contributed by atoms with Gasteiger partial charge in [-0.2, -0.15) is 0 Å². The number of anilines is 2. The second-order valence-corrected chi connectivity index (χ2v) is 7.15. The van der Waals surface area contributed by atoms with Crippen molar-refractivity contribution in [3.05, 3.63) is 24.3 Å². The van der Waals surface area contributed by atoms with E-state index in [9.17, 15) is 9.59 Å². The van der Waals surface area contributed by atoms with Gasteiger partial charge in [0.1, 0.15) is 0 Å². The maximum Gasteiger partial charge on any atom is 0.319 e. The second kappa shape index (κ2) is 10.5. The minimum Gasteiger partial charge on any atom is -0.376 e. The summed E-state index contributed by atoms with van der Waals surface area (Å²) in [5.41, 5.74) is 7.40. The molecule has 1 aliphatic carbocycles. The third-order valence-corrected chi connectivity index (χ3v) is 5.11. The molecule has 0 radical (unpaired) electrons. The van der Waals surface area contributed by atoms with Crippen LogP contribution < -0.4 is 21.7 Å². The van der Waals surface area contributed by atoms with Crippen molar-refractivity contribution in [3.63, 3.8) is 0 Å². The van der Waals surface area contributed by atoms with Gasteiger partial charge in [-0.25, -0.2) is 4.79 Å². The molecule has 0 bridgehead atoms. The molecule has 8 heteroatoms. The van der Waals surface area contributed by atoms with Gasteiger partial charge in [0, 0.05) is 37.0 Å². The molecule has 5 N–H and O–H groups in total. The molecule has 0 aromatic heterocycles. The standard InChI is InChI=1S/C19H28N4O3.ClH/c20-17-5-1-3-13(17)11-18(24)22-14-6-8-15(9-7-14)23-19(25)21-12-16-4-2-10-26-16;/h6-9,13,16-17H,1-5,10-12,20H2,(H,22,24)(H2,21,23,25);1H/t13-,16?,17+;/m0./s1. The van der Waals surface area contributed by atoms with E-state index in [0.717, 1.165) is 38.7 Å². The fourth-order valence-electron chi connectivity index (χ4n) is 3.59. The van der Waals surface area contributed by atoms with Gasteiger partial charge in [0.15, 0.2) is 0 Å². The summed E-state index contributed by atoms with van der Waals surface area (Å²) in [5, 5.41) is 8.48. The highest BCUT2D eigenvalue weighted by molar-refractivity contribution is 5.92. The molecule has 1 aromatic carbocycles. The number of urea groups is 1. The summed E-state index contributed by atoms with van der Waals surface area (Å²) >= 11 is 0. The summed E-state index contributed by atoms with van der Waals surface area (Å²) < 4.78 is 5.47. The number of carbonyl (C=O) groups excluding carboxylic acids is 2. The Bertz CT molecular complexity index is 620. The van der Waals surface area contributed by atoms with Crippen LogP contribution in [-0.2, 0) is 9.53 Å². The average molecular weight is 397 g/mol. The molecule has 27 heavy (non-hydrogen) atoms. The van der Waals surface area contributed by atoms with Crippen molar-refractivity contribution in [2.45, 2.75) is 50.7 Å². The number of nitrogens with two attached hydrogens (primary N) is 1. The Morgan fingerprint density at radius 2 is 1.74 bits per heavy atom. The van der Waals surface area contributed by atoms with E-state index in [2.05, 4.69) is 16.0 Å². The van der Waals surface area contributed by atoms with Crippen molar-refractivity contribution in [1.29, 1.82) is 0 Å². The Kier molecular flexibility index (Phi) is 8.34. The highest BCUT2D eigenvalue weighted by atomic mass is 35.5. The first kappa shape index (κ1) is 21.5. The van der Waals surface area contributed by atoms with Crippen LogP contribution in [0.2, 0.25) is 0 Å². The van der Waals surface area contributed by atoms with Gasteiger partial charge in [0.25, 0.3) is 0 Å². The maximum atomic E-state index is 12.1. The first-order valence-electron chi connectivity index (χ1n) is 9.42. The van der Waals surface area contributed by atoms with E-state index < -0.39 is 0 Å². The van der Waals surface area contributed by atoms with Crippen LogP contribution in [0.4, 0.5) is 16.2 Å². The largest absolute Gasteiger partial charge is 0.376 e. The van der Waals surface area contributed by atoms with Crippen molar-refractivity contribution < 1.29 is 14.3 Å². The lowest BCUT2D eigenvalue weighted by Crippen LogP contribution is -2.35. The SMILES string of the molecule is Cl.N[C@@H]1CCC[C@H]1CC(=O)Nc1ccc(NC(=O)NCC2CCCO2)cc1. The molecule has 3 rings (SSSR count). The zero-order chi connectivity index (χ0) is 18.4. The van der Waals surface area contributed by atoms with Crippen LogP contribution in [0.5, 0.6) is 0 Å². The fourth-order valence-corrected chi connectivity index (χ4v) is 3.59. The third-order valence-electron chi connectivity index (χ3n) is 5.11. The summed E-state index contributed by atoms with van der Waals surface area (Å²) in [6, 6.07) is 6.98. The van der Waals surface area contributed by atoms with Crippen LogP contribution in [-0.4, -0.2) is 37.2 Å². The molecule has 2 fully saturated rings. The van der Waals surface area contributed by atoms with Crippen LogP contribution in [0.15, 0.2) is 24.3 Å². The van der Waals surface area contributed by atoms with Crippen LogP contribution in [0.1, 0.15) is 38.5 Å². The van der Waals surface area contributed by atoms with Crippen molar-refractivity contribution >= 4 is 35.7 Å². The monoisotopic (exact) mass is 396 g/mol. The second-order valence-electron chi connectivity index (χ2n) is 7.15. The van der Waals surface area contributed by atoms with E-state index in [-0.39, 0.29) is 42.4 Å². The van der Waals surface area contributed by atoms with Crippen molar-refractivity contribution in [2.75, 3.05) is 23.8 Å². The summed E-state index contributed by atoms with van der Waals surface area (Å²) in [4.78, 5) is 24.0. The van der Waals surface area contributed by atoms with Crippen LogP contribution in [0.25, 0.3) is 0 Å². The van der Waals surface area contributed by atoms with Gasteiger partial charge in [0.05, 0.1) is 6.10 Å². The first-order valence-corrected chi connectivity index (χ1v) is 9.42. The zero-order valence-electron chi connectivity index (χ0n) is 15.4. The molecule has 1 saturated heterocycles. The molecule has 1 unspecified atom stereocenters. The molecule has 3 amide bonds. The predicted octanol–water partition coefficient (Wildman–Crippen LogP) is 2.86. The Morgan fingerprint density at radius 3 is 2.33 bits per heavy atom. The van der Waals surface area contributed by atoms with Gasteiger partial charge in [-0.3, -0.25) is 4.79 Å². The van der Waals surface area contributed by atoms with E-state index in [0.29, 0.717) is 24.3 Å². The topological polar surface area (TPSA) is 105 Å². The number of benzene rings is 1. The van der Waals surface area contributed by atoms with Gasteiger partial charge in [-0.1, -0.05) is 6.42 Å². The lowest BCUT2D eigenvalue weighted by Gasteiger charge is -2.15. The Labute approximate surface area is 166 Å². The number of ether oxygens (including phenoxy) is 1. The van der Waals surface area contributed by atoms with Crippen LogP contribution in [0.3, 0.4) is 0 Å². The smallest absolute Gasteiger partial charge is 0.319 e. The molecule has 1 heterocycles. The van der Waals surface area contributed by atoms with Gasteiger partial charge in [-0.05, 0) is 55.9 Å². The minimum absolute atomic E-state index is 0. The highest BCUT2D eigenvalue weighted by Gasteiger charge is 2.26. The highest BCUT2D eigenvalue weighted by Crippen LogP contribution is 2.27. The minimum atomic E-state index is -0.257. The molecular formula is C19H29ClN4O3. The normalized spacial score (nSPS) is 24.1. The molecule has 150 valence electrons. The van der Waals surface area contributed by atoms with Crippen molar-refractivity contribution in [2.24, 2.45) is 11.7 Å². The summed E-state index contributed by atoms with van der Waals surface area (Å²) in [7, 11) is 0. The number of halogens is 1. The Morgan fingerprint density at radius 1 is 1.04 bits per heavy atom. The number of hydrogen-bond acceptors (Lipinski definition) is 4. The van der Waals surface area contributed by atoms with E-state index in [1.807, 2.05) is 0 Å². The number of amides is 3. The van der Waals surface area contributed by atoms with E-state index in [4.69, 9.17) is 10.5 Å². The van der Waals surface area contributed by atoms with E-state index in [1.54, 1.807) is 24.3 Å². The van der Waals surface area contributed by atoms with Gasteiger partial charge in [0.2, 0.25) is 5.91 Å². The summed E-state index contributed by atoms with van der Waals surface area (Å²) in [6.45, 7) is 1.29. The van der Waals surface area contributed by atoms with E-state index in [1.165, 1.54) is 0 Å². The van der Waals surface area contributed by atoms with Gasteiger partial charge in [-0.15, -0.1) is 12.4 Å². The number of hydrogen-bond donors (Lipinski definition) is 4. The molecule has 1 aromatic rings. The molecule has 2 aliphatic rings. The first-order chi connectivity index (χ1) is 12.6. The van der Waals surface area contributed by atoms with Crippen molar-refractivity contribution in [3.8, 4) is 0 Å². The molecular weight excluding hydrogens is 368 g/mol. The maximum absolute atomic E-state index is 12.1. The number of carbonyl (C=O) groups is 2. The average Bonchev–Trinajstić information content (AvgIpc) is 3.27.